The van der Waals surface area contributed by atoms with Crippen LogP contribution in [0.15, 0.2) is 48.7 Å². The summed E-state index contributed by atoms with van der Waals surface area (Å²) in [7, 11) is 0. The Labute approximate surface area is 117 Å². The molecule has 0 unspecified atom stereocenters. The molecule has 0 aliphatic carbocycles. The van der Waals surface area contributed by atoms with Crippen molar-refractivity contribution in [2.24, 2.45) is 0 Å². The highest BCUT2D eigenvalue weighted by Crippen LogP contribution is 2.20. The zero-order chi connectivity index (χ0) is 13.2. The van der Waals surface area contributed by atoms with Crippen LogP contribution in [0.1, 0.15) is 11.1 Å². The van der Waals surface area contributed by atoms with E-state index in [4.69, 9.17) is 11.6 Å². The van der Waals surface area contributed by atoms with Gasteiger partial charge in [0.05, 0.1) is 0 Å². The standard InChI is InChI=1S/C16H15ClN2/c1-11-8-14(17)3-2-13(11)10-19-15-4-5-16-12(9-15)6-7-18-16/h2-9,18-19H,10H2,1H3. The molecular weight excluding hydrogens is 256 g/mol. The Bertz CT molecular complexity index is 716. The number of halogens is 1. The number of hydrogen-bond acceptors (Lipinski definition) is 1. The van der Waals surface area contributed by atoms with Crippen LogP contribution in [0.4, 0.5) is 5.69 Å². The fourth-order valence-corrected chi connectivity index (χ4v) is 2.44. The van der Waals surface area contributed by atoms with Crippen LogP contribution in [-0.2, 0) is 6.54 Å². The van der Waals surface area contributed by atoms with E-state index in [-0.39, 0.29) is 0 Å². The minimum absolute atomic E-state index is 0.787. The summed E-state index contributed by atoms with van der Waals surface area (Å²) in [6, 6.07) is 14.4. The van der Waals surface area contributed by atoms with Crippen molar-refractivity contribution in [2.75, 3.05) is 5.32 Å². The molecule has 0 saturated carbocycles. The number of hydrogen-bond donors (Lipinski definition) is 2. The summed E-state index contributed by atoms with van der Waals surface area (Å²) in [4.78, 5) is 3.19. The van der Waals surface area contributed by atoms with Gasteiger partial charge in [-0.3, -0.25) is 0 Å². The van der Waals surface area contributed by atoms with Crippen LogP contribution >= 0.6 is 11.6 Å². The van der Waals surface area contributed by atoms with Crippen molar-refractivity contribution < 1.29 is 0 Å². The molecule has 0 spiro atoms. The molecule has 2 aromatic carbocycles. The van der Waals surface area contributed by atoms with Crippen LogP contribution in [0, 0.1) is 6.92 Å². The number of aromatic nitrogens is 1. The summed E-state index contributed by atoms with van der Waals surface area (Å²) in [5.41, 5.74) is 4.76. The Balaban J connectivity index is 1.77. The van der Waals surface area contributed by atoms with Crippen molar-refractivity contribution in [2.45, 2.75) is 13.5 Å². The largest absolute Gasteiger partial charge is 0.381 e. The van der Waals surface area contributed by atoms with Crippen molar-refractivity contribution >= 4 is 28.2 Å². The molecule has 2 nitrogen and oxygen atoms in total. The number of nitrogens with one attached hydrogen (secondary N) is 2. The zero-order valence-corrected chi connectivity index (χ0v) is 11.5. The Morgan fingerprint density at radius 3 is 2.84 bits per heavy atom. The van der Waals surface area contributed by atoms with Gasteiger partial charge in [-0.1, -0.05) is 17.7 Å². The maximum Gasteiger partial charge on any atom is 0.0455 e. The summed E-state index contributed by atoms with van der Waals surface area (Å²) < 4.78 is 0. The number of H-pyrrole nitrogens is 1. The normalized spacial score (nSPS) is 10.8. The molecule has 0 bridgehead atoms. The van der Waals surface area contributed by atoms with Gasteiger partial charge in [-0.25, -0.2) is 0 Å². The predicted octanol–water partition coefficient (Wildman–Crippen LogP) is 4.74. The highest BCUT2D eigenvalue weighted by atomic mass is 35.5. The monoisotopic (exact) mass is 270 g/mol. The summed E-state index contributed by atoms with van der Waals surface area (Å²) >= 11 is 5.96. The molecule has 0 amide bonds. The molecule has 0 saturated heterocycles. The van der Waals surface area contributed by atoms with E-state index in [2.05, 4.69) is 47.6 Å². The van der Waals surface area contributed by atoms with Crippen LogP contribution in [0.5, 0.6) is 0 Å². The zero-order valence-electron chi connectivity index (χ0n) is 10.7. The summed E-state index contributed by atoms with van der Waals surface area (Å²) in [6.45, 7) is 2.89. The van der Waals surface area contributed by atoms with Crippen LogP contribution in [0.25, 0.3) is 10.9 Å². The number of benzene rings is 2. The maximum absolute atomic E-state index is 5.96. The van der Waals surface area contributed by atoms with E-state index in [9.17, 15) is 0 Å². The topological polar surface area (TPSA) is 27.8 Å². The average molecular weight is 271 g/mol. The van der Waals surface area contributed by atoms with Crippen molar-refractivity contribution in [3.05, 3.63) is 64.8 Å². The minimum atomic E-state index is 0.787. The fraction of sp³-hybridized carbons (Fsp3) is 0.125. The van der Waals surface area contributed by atoms with Crippen molar-refractivity contribution in [3.8, 4) is 0 Å². The van der Waals surface area contributed by atoms with Crippen molar-refractivity contribution in [1.82, 2.24) is 4.98 Å². The van der Waals surface area contributed by atoms with Gasteiger partial charge in [-0.2, -0.15) is 0 Å². The van der Waals surface area contributed by atoms with Crippen LogP contribution in [-0.4, -0.2) is 4.98 Å². The highest BCUT2D eigenvalue weighted by Gasteiger charge is 2.01. The molecule has 96 valence electrons. The fourth-order valence-electron chi connectivity index (χ4n) is 2.22. The van der Waals surface area contributed by atoms with Crippen LogP contribution in [0.2, 0.25) is 5.02 Å². The molecular formula is C16H15ClN2. The molecule has 0 aliphatic rings. The predicted molar refractivity (Wildman–Crippen MR) is 81.8 cm³/mol. The second-order valence-corrected chi connectivity index (χ2v) is 5.14. The quantitative estimate of drug-likeness (QED) is 0.707. The summed E-state index contributed by atoms with van der Waals surface area (Å²) in [5, 5.41) is 5.45. The minimum Gasteiger partial charge on any atom is -0.381 e. The van der Waals surface area contributed by atoms with E-state index in [0.29, 0.717) is 0 Å². The van der Waals surface area contributed by atoms with E-state index in [1.165, 1.54) is 16.5 Å². The molecule has 2 N–H and O–H groups in total. The van der Waals surface area contributed by atoms with E-state index >= 15 is 0 Å². The summed E-state index contributed by atoms with van der Waals surface area (Å²) in [6.07, 6.45) is 1.96. The molecule has 3 aromatic rings. The lowest BCUT2D eigenvalue weighted by molar-refractivity contribution is 1.12. The van der Waals surface area contributed by atoms with Gasteiger partial charge in [-0.15, -0.1) is 0 Å². The van der Waals surface area contributed by atoms with Gasteiger partial charge >= 0.3 is 0 Å². The molecule has 19 heavy (non-hydrogen) atoms. The van der Waals surface area contributed by atoms with Crippen molar-refractivity contribution in [3.63, 3.8) is 0 Å². The molecule has 1 aromatic heterocycles. The average Bonchev–Trinajstić information content (AvgIpc) is 2.85. The molecule has 3 rings (SSSR count). The van der Waals surface area contributed by atoms with Gasteiger partial charge in [0.15, 0.2) is 0 Å². The van der Waals surface area contributed by atoms with E-state index in [1.54, 1.807) is 0 Å². The van der Waals surface area contributed by atoms with Gasteiger partial charge in [0.2, 0.25) is 0 Å². The second kappa shape index (κ2) is 4.98. The molecule has 0 atom stereocenters. The third-order valence-electron chi connectivity index (χ3n) is 3.34. The van der Waals surface area contributed by atoms with E-state index in [1.807, 2.05) is 18.3 Å². The van der Waals surface area contributed by atoms with E-state index < -0.39 is 0 Å². The van der Waals surface area contributed by atoms with E-state index in [0.717, 1.165) is 22.8 Å². The molecule has 1 heterocycles. The Morgan fingerprint density at radius 2 is 2.00 bits per heavy atom. The number of aryl methyl sites for hydroxylation is 1. The van der Waals surface area contributed by atoms with Crippen molar-refractivity contribution in [1.29, 1.82) is 0 Å². The van der Waals surface area contributed by atoms with Gasteiger partial charge in [0.25, 0.3) is 0 Å². The molecule has 0 fully saturated rings. The SMILES string of the molecule is Cc1cc(Cl)ccc1CNc1ccc2[nH]ccc2c1. The first-order valence-corrected chi connectivity index (χ1v) is 6.66. The Morgan fingerprint density at radius 1 is 1.11 bits per heavy atom. The lowest BCUT2D eigenvalue weighted by Gasteiger charge is -2.09. The van der Waals surface area contributed by atoms with Crippen LogP contribution in [0.3, 0.4) is 0 Å². The van der Waals surface area contributed by atoms with Gasteiger partial charge in [0.1, 0.15) is 0 Å². The number of fused-ring (bicyclic) bond motifs is 1. The first-order valence-electron chi connectivity index (χ1n) is 6.28. The molecule has 0 radical (unpaired) electrons. The number of anilines is 1. The Kier molecular flexibility index (Phi) is 3.18. The third kappa shape index (κ3) is 2.59. The lowest BCUT2D eigenvalue weighted by Crippen LogP contribution is -2.01. The van der Waals surface area contributed by atoms with Crippen LogP contribution < -0.4 is 5.32 Å². The first kappa shape index (κ1) is 12.1. The number of rotatable bonds is 3. The maximum atomic E-state index is 5.96. The summed E-state index contributed by atoms with van der Waals surface area (Å²) in [5.74, 6) is 0. The second-order valence-electron chi connectivity index (χ2n) is 4.70. The number of aromatic amines is 1. The molecule has 0 aliphatic heterocycles. The Hall–Kier alpha value is -1.93. The van der Waals surface area contributed by atoms with Gasteiger partial charge in [-0.05, 0) is 54.4 Å². The smallest absolute Gasteiger partial charge is 0.0455 e. The first-order chi connectivity index (χ1) is 9.22. The lowest BCUT2D eigenvalue weighted by atomic mass is 10.1. The highest BCUT2D eigenvalue weighted by molar-refractivity contribution is 6.30. The molecule has 3 heteroatoms. The third-order valence-corrected chi connectivity index (χ3v) is 3.58. The van der Waals surface area contributed by atoms with Gasteiger partial charge < -0.3 is 10.3 Å². The van der Waals surface area contributed by atoms with Gasteiger partial charge in [0, 0.05) is 34.4 Å².